The van der Waals surface area contributed by atoms with Gasteiger partial charge in [-0.2, -0.15) is 0 Å². The first kappa shape index (κ1) is 18.6. The average molecular weight is 250 g/mol. The van der Waals surface area contributed by atoms with Gasteiger partial charge in [-0.25, -0.2) is 0 Å². The van der Waals surface area contributed by atoms with Crippen molar-refractivity contribution in [2.75, 3.05) is 13.1 Å². The van der Waals surface area contributed by atoms with Gasteiger partial charge in [0.15, 0.2) is 0 Å². The van der Waals surface area contributed by atoms with Crippen molar-refractivity contribution >= 4 is 0 Å². The van der Waals surface area contributed by atoms with Gasteiger partial charge in [0, 0.05) is 0 Å². The molecule has 2 heteroatoms. The second-order valence-electron chi connectivity index (χ2n) is 4.69. The lowest BCUT2D eigenvalue weighted by atomic mass is 10.1. The van der Waals surface area contributed by atoms with Crippen molar-refractivity contribution < 1.29 is 17.7 Å². The zero-order chi connectivity index (χ0) is 11.2. The Morgan fingerprint density at radius 2 is 1.06 bits per heavy atom. The van der Waals surface area contributed by atoms with Crippen molar-refractivity contribution in [1.82, 2.24) is 0 Å². The molecule has 0 radical (unpaired) electrons. The molecule has 0 saturated carbocycles. The first-order valence-corrected chi connectivity index (χ1v) is 7.23. The highest BCUT2D eigenvalue weighted by molar-refractivity contribution is 4.45. The maximum Gasteiger partial charge on any atom is 0.0755 e. The van der Waals surface area contributed by atoms with Gasteiger partial charge < -0.3 is 17.7 Å². The summed E-state index contributed by atoms with van der Waals surface area (Å²) in [4.78, 5) is 0. The largest absolute Gasteiger partial charge is 1.00 e. The summed E-state index contributed by atoms with van der Waals surface area (Å²) in [5.41, 5.74) is 0. The Morgan fingerprint density at radius 1 is 0.562 bits per heavy atom. The molecule has 0 aromatic heterocycles. The second kappa shape index (κ2) is 17.6. The van der Waals surface area contributed by atoms with E-state index in [9.17, 15) is 0 Å². The summed E-state index contributed by atoms with van der Waals surface area (Å²) in [6.45, 7) is 7.21. The number of hydrogen-bond acceptors (Lipinski definition) is 0. The summed E-state index contributed by atoms with van der Waals surface area (Å²) in [5.74, 6) is 0. The molecule has 0 amide bonds. The second-order valence-corrected chi connectivity index (χ2v) is 4.69. The first-order chi connectivity index (χ1) is 7.41. The molecule has 0 aliphatic carbocycles. The van der Waals surface area contributed by atoms with E-state index in [0.717, 1.165) is 0 Å². The van der Waals surface area contributed by atoms with Crippen LogP contribution in [0.5, 0.6) is 0 Å². The van der Waals surface area contributed by atoms with Gasteiger partial charge in [0.1, 0.15) is 0 Å². The molecule has 2 N–H and O–H groups in total. The fourth-order valence-electron chi connectivity index (χ4n) is 1.95. The molecule has 0 aliphatic rings. The van der Waals surface area contributed by atoms with Crippen molar-refractivity contribution in [3.63, 3.8) is 0 Å². The van der Waals surface area contributed by atoms with E-state index in [4.69, 9.17) is 0 Å². The fraction of sp³-hybridized carbons (Fsp3) is 1.00. The Bertz CT molecular complexity index is 94.9. The zero-order valence-corrected chi connectivity index (χ0v) is 12.2. The Hall–Kier alpha value is 0.250. The summed E-state index contributed by atoms with van der Waals surface area (Å²) < 4.78 is 0. The molecule has 0 bridgehead atoms. The standard InChI is InChI=1S/C14H31N.ClH/c1-3-5-6-7-8-9-10-11-12-14-15-13-4-2;/h15H,3-14H2,1-2H3;1H. The third kappa shape index (κ3) is 16.7. The number of rotatable bonds is 12. The van der Waals surface area contributed by atoms with E-state index >= 15 is 0 Å². The van der Waals surface area contributed by atoms with Crippen LogP contribution >= 0.6 is 0 Å². The summed E-state index contributed by atoms with van der Waals surface area (Å²) in [6.07, 6.45) is 14.3. The van der Waals surface area contributed by atoms with E-state index in [-0.39, 0.29) is 12.4 Å². The Labute approximate surface area is 109 Å². The van der Waals surface area contributed by atoms with E-state index in [2.05, 4.69) is 19.2 Å². The molecule has 0 aromatic carbocycles. The number of halogens is 1. The lowest BCUT2D eigenvalue weighted by Crippen LogP contribution is -3.00. The lowest BCUT2D eigenvalue weighted by Gasteiger charge is -2.01. The highest BCUT2D eigenvalue weighted by Gasteiger charge is 1.93. The Morgan fingerprint density at radius 3 is 1.56 bits per heavy atom. The maximum atomic E-state index is 2.46. The molecule has 16 heavy (non-hydrogen) atoms. The minimum Gasteiger partial charge on any atom is -1.00 e. The zero-order valence-electron chi connectivity index (χ0n) is 11.4. The van der Waals surface area contributed by atoms with E-state index in [0.29, 0.717) is 0 Å². The van der Waals surface area contributed by atoms with E-state index in [1.54, 1.807) is 0 Å². The first-order valence-electron chi connectivity index (χ1n) is 7.23. The smallest absolute Gasteiger partial charge is 0.0755 e. The molecule has 0 spiro atoms. The van der Waals surface area contributed by atoms with Crippen LogP contribution in [-0.4, -0.2) is 13.1 Å². The van der Waals surface area contributed by atoms with Crippen molar-refractivity contribution in [2.45, 2.75) is 78.1 Å². The topological polar surface area (TPSA) is 16.6 Å². The van der Waals surface area contributed by atoms with Crippen molar-refractivity contribution in [3.05, 3.63) is 0 Å². The van der Waals surface area contributed by atoms with Crippen LogP contribution in [0.3, 0.4) is 0 Å². The highest BCUT2D eigenvalue weighted by Crippen LogP contribution is 2.08. The van der Waals surface area contributed by atoms with Crippen LogP contribution in [-0.2, 0) is 0 Å². The van der Waals surface area contributed by atoms with Crippen LogP contribution < -0.4 is 17.7 Å². The lowest BCUT2D eigenvalue weighted by molar-refractivity contribution is -0.655. The summed E-state index contributed by atoms with van der Waals surface area (Å²) in [6, 6.07) is 0. The average Bonchev–Trinajstić information content (AvgIpc) is 2.26. The molecule has 0 atom stereocenters. The molecule has 0 unspecified atom stereocenters. The van der Waals surface area contributed by atoms with Gasteiger partial charge in [0.2, 0.25) is 0 Å². The van der Waals surface area contributed by atoms with Crippen LogP contribution in [0, 0.1) is 0 Å². The number of nitrogens with two attached hydrogens (primary N) is 1. The van der Waals surface area contributed by atoms with Gasteiger partial charge in [-0.1, -0.05) is 58.8 Å². The molecule has 0 aliphatic heterocycles. The molecular weight excluding hydrogens is 218 g/mol. The summed E-state index contributed by atoms with van der Waals surface area (Å²) in [5, 5.41) is 2.46. The quantitative estimate of drug-likeness (QED) is 0.485. The summed E-state index contributed by atoms with van der Waals surface area (Å²) >= 11 is 0. The van der Waals surface area contributed by atoms with Crippen LogP contribution in [0.1, 0.15) is 78.1 Å². The number of unbranched alkanes of at least 4 members (excludes halogenated alkanes) is 8. The van der Waals surface area contributed by atoms with Crippen LogP contribution in [0.2, 0.25) is 0 Å². The summed E-state index contributed by atoms with van der Waals surface area (Å²) in [7, 11) is 0. The molecule has 0 fully saturated rings. The van der Waals surface area contributed by atoms with Gasteiger partial charge in [0.25, 0.3) is 0 Å². The van der Waals surface area contributed by atoms with Crippen molar-refractivity contribution in [3.8, 4) is 0 Å². The Kier molecular flexibility index (Phi) is 20.5. The molecular formula is C14H32ClN. The van der Waals surface area contributed by atoms with Gasteiger partial charge in [-0.15, -0.1) is 0 Å². The predicted molar refractivity (Wildman–Crippen MR) is 69.2 cm³/mol. The third-order valence-corrected chi connectivity index (χ3v) is 3.00. The number of hydrogen-bond donors (Lipinski definition) is 1. The van der Waals surface area contributed by atoms with Crippen LogP contribution in [0.15, 0.2) is 0 Å². The molecule has 100 valence electrons. The van der Waals surface area contributed by atoms with Gasteiger partial charge in [-0.3, -0.25) is 0 Å². The van der Waals surface area contributed by atoms with Crippen molar-refractivity contribution in [2.24, 2.45) is 0 Å². The molecule has 0 aromatic rings. The Balaban J connectivity index is 0. The van der Waals surface area contributed by atoms with Crippen LogP contribution in [0.4, 0.5) is 0 Å². The predicted octanol–water partition coefficient (Wildman–Crippen LogP) is 0.495. The van der Waals surface area contributed by atoms with Crippen LogP contribution in [0.25, 0.3) is 0 Å². The monoisotopic (exact) mass is 249 g/mol. The van der Waals surface area contributed by atoms with Gasteiger partial charge >= 0.3 is 0 Å². The normalized spacial score (nSPS) is 10.1. The minimum absolute atomic E-state index is 0. The SMILES string of the molecule is CCCCCCCCCCC[NH2+]CCC.[Cl-]. The molecule has 0 saturated heterocycles. The third-order valence-electron chi connectivity index (χ3n) is 3.00. The fourth-order valence-corrected chi connectivity index (χ4v) is 1.95. The molecule has 0 heterocycles. The van der Waals surface area contributed by atoms with E-state index in [1.165, 1.54) is 77.3 Å². The number of quaternary nitrogens is 1. The van der Waals surface area contributed by atoms with Gasteiger partial charge in [-0.05, 0) is 19.3 Å². The van der Waals surface area contributed by atoms with E-state index < -0.39 is 0 Å². The molecule has 1 nitrogen and oxygen atoms in total. The maximum absolute atomic E-state index is 2.46. The highest BCUT2D eigenvalue weighted by atomic mass is 35.5. The van der Waals surface area contributed by atoms with Crippen molar-refractivity contribution in [1.29, 1.82) is 0 Å². The molecule has 0 rings (SSSR count). The van der Waals surface area contributed by atoms with E-state index in [1.807, 2.05) is 0 Å². The van der Waals surface area contributed by atoms with Gasteiger partial charge in [0.05, 0.1) is 13.1 Å². The minimum atomic E-state index is 0.